The van der Waals surface area contributed by atoms with Crippen molar-refractivity contribution in [1.82, 2.24) is 14.9 Å². The van der Waals surface area contributed by atoms with Gasteiger partial charge in [0.2, 0.25) is 0 Å². The van der Waals surface area contributed by atoms with Crippen LogP contribution in [0, 0.1) is 0 Å². The second-order valence-electron chi connectivity index (χ2n) is 2.71. The molecule has 0 aliphatic rings. The first kappa shape index (κ1) is 9.22. The van der Waals surface area contributed by atoms with E-state index in [1.165, 1.54) is 0 Å². The van der Waals surface area contributed by atoms with Crippen LogP contribution in [-0.4, -0.2) is 28.3 Å². The van der Waals surface area contributed by atoms with Gasteiger partial charge in [0, 0.05) is 25.9 Å². The molecular formula is C8H15N3O. The Hall–Kier alpha value is -0.870. The van der Waals surface area contributed by atoms with Crippen molar-refractivity contribution in [2.24, 2.45) is 0 Å². The molecule has 0 unspecified atom stereocenters. The summed E-state index contributed by atoms with van der Waals surface area (Å²) in [6, 6.07) is 0. The van der Waals surface area contributed by atoms with Crippen LogP contribution >= 0.6 is 0 Å². The van der Waals surface area contributed by atoms with Gasteiger partial charge in [-0.2, -0.15) is 0 Å². The lowest BCUT2D eigenvalue weighted by molar-refractivity contribution is 0.279. The molecule has 1 aromatic heterocycles. The van der Waals surface area contributed by atoms with Crippen molar-refractivity contribution in [3.8, 4) is 0 Å². The minimum atomic E-state index is 0.236. The summed E-state index contributed by atoms with van der Waals surface area (Å²) in [5.74, 6) is 0. The van der Waals surface area contributed by atoms with Crippen LogP contribution in [0.2, 0.25) is 0 Å². The topological polar surface area (TPSA) is 50.1 Å². The summed E-state index contributed by atoms with van der Waals surface area (Å²) in [6.07, 6.45) is 4.57. The molecule has 1 aromatic rings. The van der Waals surface area contributed by atoms with Gasteiger partial charge >= 0.3 is 0 Å². The predicted octanol–water partition coefficient (Wildman–Crippen LogP) is -0.0151. The lowest BCUT2D eigenvalue weighted by Gasteiger charge is -1.97. The van der Waals surface area contributed by atoms with Crippen molar-refractivity contribution in [3.05, 3.63) is 18.2 Å². The van der Waals surface area contributed by atoms with Crippen molar-refractivity contribution in [2.45, 2.75) is 19.5 Å². The van der Waals surface area contributed by atoms with E-state index in [2.05, 4.69) is 10.3 Å². The summed E-state index contributed by atoms with van der Waals surface area (Å²) in [7, 11) is 1.90. The van der Waals surface area contributed by atoms with Crippen molar-refractivity contribution in [2.75, 3.05) is 13.7 Å². The molecule has 0 aromatic carbocycles. The molecule has 0 bridgehead atoms. The van der Waals surface area contributed by atoms with Crippen LogP contribution < -0.4 is 5.32 Å². The molecule has 0 atom stereocenters. The molecule has 0 fully saturated rings. The van der Waals surface area contributed by atoms with Gasteiger partial charge in [-0.15, -0.1) is 0 Å². The lowest BCUT2D eigenvalue weighted by Crippen LogP contribution is -2.05. The van der Waals surface area contributed by atoms with E-state index in [1.54, 1.807) is 6.33 Å². The maximum absolute atomic E-state index is 8.59. The number of aryl methyl sites for hydroxylation is 1. The molecule has 4 nitrogen and oxygen atoms in total. The number of nitrogens with zero attached hydrogens (tertiary/aromatic N) is 2. The molecule has 12 heavy (non-hydrogen) atoms. The van der Waals surface area contributed by atoms with E-state index in [1.807, 2.05) is 17.8 Å². The Morgan fingerprint density at radius 3 is 3.17 bits per heavy atom. The van der Waals surface area contributed by atoms with Crippen LogP contribution in [-0.2, 0) is 13.1 Å². The van der Waals surface area contributed by atoms with E-state index in [-0.39, 0.29) is 6.61 Å². The zero-order chi connectivity index (χ0) is 8.81. The standard InChI is InChI=1S/C8H15N3O/c1-9-5-8-6-11(7-10-8)3-2-4-12/h6-7,9,12H,2-5H2,1H3. The number of imidazole rings is 1. The van der Waals surface area contributed by atoms with Crippen LogP contribution in [0.3, 0.4) is 0 Å². The first-order valence-corrected chi connectivity index (χ1v) is 4.13. The van der Waals surface area contributed by atoms with E-state index < -0.39 is 0 Å². The van der Waals surface area contributed by atoms with Crippen LogP contribution in [0.15, 0.2) is 12.5 Å². The number of aromatic nitrogens is 2. The summed E-state index contributed by atoms with van der Waals surface area (Å²) in [5.41, 5.74) is 1.04. The molecule has 2 N–H and O–H groups in total. The predicted molar refractivity (Wildman–Crippen MR) is 46.7 cm³/mol. The maximum Gasteiger partial charge on any atom is 0.0949 e. The molecule has 0 saturated heterocycles. The third kappa shape index (κ3) is 2.64. The van der Waals surface area contributed by atoms with Crippen LogP contribution in [0.4, 0.5) is 0 Å². The number of aliphatic hydroxyl groups is 1. The van der Waals surface area contributed by atoms with Crippen LogP contribution in [0.1, 0.15) is 12.1 Å². The van der Waals surface area contributed by atoms with E-state index in [9.17, 15) is 0 Å². The molecule has 0 aliphatic heterocycles. The zero-order valence-corrected chi connectivity index (χ0v) is 7.32. The molecule has 0 spiro atoms. The van der Waals surface area contributed by atoms with Gasteiger partial charge in [-0.05, 0) is 13.5 Å². The van der Waals surface area contributed by atoms with Gasteiger partial charge in [-0.3, -0.25) is 0 Å². The van der Waals surface area contributed by atoms with Gasteiger partial charge in [-0.25, -0.2) is 4.98 Å². The number of hydrogen-bond acceptors (Lipinski definition) is 3. The van der Waals surface area contributed by atoms with Gasteiger partial charge in [0.05, 0.1) is 12.0 Å². The second-order valence-corrected chi connectivity index (χ2v) is 2.71. The fraction of sp³-hybridized carbons (Fsp3) is 0.625. The molecule has 0 aliphatic carbocycles. The third-order valence-corrected chi connectivity index (χ3v) is 1.62. The fourth-order valence-corrected chi connectivity index (χ4v) is 1.05. The van der Waals surface area contributed by atoms with Gasteiger partial charge < -0.3 is 15.0 Å². The Balaban J connectivity index is 2.41. The number of rotatable bonds is 5. The Morgan fingerprint density at radius 2 is 2.50 bits per heavy atom. The van der Waals surface area contributed by atoms with Gasteiger partial charge in [0.25, 0.3) is 0 Å². The molecule has 0 amide bonds. The van der Waals surface area contributed by atoms with Crippen molar-refractivity contribution >= 4 is 0 Å². The largest absolute Gasteiger partial charge is 0.396 e. The summed E-state index contributed by atoms with van der Waals surface area (Å²) >= 11 is 0. The molecule has 1 heterocycles. The maximum atomic E-state index is 8.59. The Morgan fingerprint density at radius 1 is 1.67 bits per heavy atom. The van der Waals surface area contributed by atoms with Gasteiger partial charge in [-0.1, -0.05) is 0 Å². The summed E-state index contributed by atoms with van der Waals surface area (Å²) < 4.78 is 1.99. The quantitative estimate of drug-likeness (QED) is 0.651. The highest BCUT2D eigenvalue weighted by Gasteiger charge is 1.95. The van der Waals surface area contributed by atoms with Crippen molar-refractivity contribution in [1.29, 1.82) is 0 Å². The van der Waals surface area contributed by atoms with Gasteiger partial charge in [0.15, 0.2) is 0 Å². The molecular weight excluding hydrogens is 154 g/mol. The van der Waals surface area contributed by atoms with E-state index in [0.29, 0.717) is 0 Å². The SMILES string of the molecule is CNCc1cn(CCCO)cn1. The Kier molecular flexibility index (Phi) is 3.76. The van der Waals surface area contributed by atoms with Crippen LogP contribution in [0.25, 0.3) is 0 Å². The zero-order valence-electron chi connectivity index (χ0n) is 7.32. The Labute approximate surface area is 72.2 Å². The highest BCUT2D eigenvalue weighted by molar-refractivity contribution is 4.95. The minimum absolute atomic E-state index is 0.236. The third-order valence-electron chi connectivity index (χ3n) is 1.62. The van der Waals surface area contributed by atoms with Crippen LogP contribution in [0.5, 0.6) is 0 Å². The summed E-state index contributed by atoms with van der Waals surface area (Å²) in [4.78, 5) is 4.18. The van der Waals surface area contributed by atoms with Crippen molar-refractivity contribution in [3.63, 3.8) is 0 Å². The highest BCUT2D eigenvalue weighted by atomic mass is 16.3. The average molecular weight is 169 g/mol. The molecule has 0 radical (unpaired) electrons. The normalized spacial score (nSPS) is 10.5. The number of hydrogen-bond donors (Lipinski definition) is 2. The monoisotopic (exact) mass is 169 g/mol. The number of aliphatic hydroxyl groups excluding tert-OH is 1. The average Bonchev–Trinajstić information content (AvgIpc) is 2.50. The van der Waals surface area contributed by atoms with Crippen molar-refractivity contribution < 1.29 is 5.11 Å². The Bertz CT molecular complexity index is 222. The van der Waals surface area contributed by atoms with E-state index >= 15 is 0 Å². The fourth-order valence-electron chi connectivity index (χ4n) is 1.05. The number of nitrogens with one attached hydrogen (secondary N) is 1. The van der Waals surface area contributed by atoms with Gasteiger partial charge in [0.1, 0.15) is 0 Å². The summed E-state index contributed by atoms with van der Waals surface area (Å²) in [5, 5.41) is 11.6. The highest BCUT2D eigenvalue weighted by Crippen LogP contribution is 1.96. The summed E-state index contributed by atoms with van der Waals surface area (Å²) in [6.45, 7) is 1.87. The molecule has 68 valence electrons. The first-order valence-electron chi connectivity index (χ1n) is 4.13. The smallest absolute Gasteiger partial charge is 0.0949 e. The lowest BCUT2D eigenvalue weighted by atomic mass is 10.4. The van der Waals surface area contributed by atoms with E-state index in [4.69, 9.17) is 5.11 Å². The second kappa shape index (κ2) is 4.90. The minimum Gasteiger partial charge on any atom is -0.396 e. The van der Waals surface area contributed by atoms with E-state index in [0.717, 1.165) is 25.2 Å². The molecule has 0 saturated carbocycles. The molecule has 4 heteroatoms. The molecule has 1 rings (SSSR count). The first-order chi connectivity index (χ1) is 5.86.